The molecule has 0 bridgehead atoms. The quantitative estimate of drug-likeness (QED) is 0.280. The van der Waals surface area contributed by atoms with Crippen LogP contribution in [0.25, 0.3) is 0 Å². The number of nitrogens with zero attached hydrogens (tertiary/aromatic N) is 2. The van der Waals surface area contributed by atoms with E-state index in [0.29, 0.717) is 31.5 Å². The number of rotatable bonds is 10. The van der Waals surface area contributed by atoms with Gasteiger partial charge in [-0.05, 0) is 38.5 Å². The third-order valence-electron chi connectivity index (χ3n) is 5.10. The molecule has 0 radical (unpaired) electrons. The highest BCUT2D eigenvalue weighted by Crippen LogP contribution is 2.25. The summed E-state index contributed by atoms with van der Waals surface area (Å²) in [5.41, 5.74) is 5.24. The molecule has 1 saturated carbocycles. The molecule has 156 valence electrons. The number of carbonyl (C=O) groups excluding carboxylic acids is 1. The second-order valence-electron chi connectivity index (χ2n) is 7.39. The SMILES string of the molecule is CCNC(=NCCS(=O)(=O)NCC1CCC1)NC1CCN(CC(N)=O)CC1. The van der Waals surface area contributed by atoms with Gasteiger partial charge in [0.1, 0.15) is 0 Å². The number of hydrogen-bond donors (Lipinski definition) is 4. The van der Waals surface area contributed by atoms with E-state index < -0.39 is 10.0 Å². The smallest absolute Gasteiger partial charge is 0.231 e. The first-order chi connectivity index (χ1) is 12.9. The minimum Gasteiger partial charge on any atom is -0.369 e. The van der Waals surface area contributed by atoms with E-state index in [9.17, 15) is 13.2 Å². The van der Waals surface area contributed by atoms with Gasteiger partial charge < -0.3 is 16.4 Å². The van der Waals surface area contributed by atoms with E-state index in [1.165, 1.54) is 6.42 Å². The fraction of sp³-hybridized carbons (Fsp3) is 0.882. The number of sulfonamides is 1. The van der Waals surface area contributed by atoms with Crippen LogP contribution in [0.4, 0.5) is 0 Å². The summed E-state index contributed by atoms with van der Waals surface area (Å²) in [5, 5.41) is 6.53. The summed E-state index contributed by atoms with van der Waals surface area (Å²) in [7, 11) is -3.28. The number of piperidine rings is 1. The zero-order valence-electron chi connectivity index (χ0n) is 16.2. The predicted octanol–water partition coefficient (Wildman–Crippen LogP) is -0.789. The normalized spacial score (nSPS) is 20.3. The van der Waals surface area contributed by atoms with E-state index in [4.69, 9.17) is 5.73 Å². The third-order valence-corrected chi connectivity index (χ3v) is 6.43. The van der Waals surface area contributed by atoms with E-state index >= 15 is 0 Å². The van der Waals surface area contributed by atoms with Gasteiger partial charge in [-0.25, -0.2) is 13.1 Å². The lowest BCUT2D eigenvalue weighted by Crippen LogP contribution is -2.50. The van der Waals surface area contributed by atoms with Gasteiger partial charge in [0.2, 0.25) is 15.9 Å². The number of guanidine groups is 1. The maximum absolute atomic E-state index is 12.1. The summed E-state index contributed by atoms with van der Waals surface area (Å²) in [6.07, 6.45) is 5.22. The number of carbonyl (C=O) groups is 1. The maximum Gasteiger partial charge on any atom is 0.231 e. The van der Waals surface area contributed by atoms with Gasteiger partial charge in [-0.2, -0.15) is 0 Å². The topological polar surface area (TPSA) is 129 Å². The second kappa shape index (κ2) is 10.8. The Kier molecular flexibility index (Phi) is 8.78. The van der Waals surface area contributed by atoms with Crippen molar-refractivity contribution in [2.24, 2.45) is 16.6 Å². The van der Waals surface area contributed by atoms with Gasteiger partial charge in [-0.15, -0.1) is 0 Å². The molecular formula is C17H34N6O3S. The van der Waals surface area contributed by atoms with Gasteiger partial charge in [0.25, 0.3) is 0 Å². The van der Waals surface area contributed by atoms with Crippen LogP contribution in [0.3, 0.4) is 0 Å². The van der Waals surface area contributed by atoms with E-state index in [-0.39, 0.29) is 24.2 Å². The molecule has 2 aliphatic rings. The van der Waals surface area contributed by atoms with Gasteiger partial charge in [-0.1, -0.05) is 6.42 Å². The van der Waals surface area contributed by atoms with Crippen molar-refractivity contribution in [3.8, 4) is 0 Å². The molecule has 1 saturated heterocycles. The Balaban J connectivity index is 1.74. The highest BCUT2D eigenvalue weighted by molar-refractivity contribution is 7.89. The van der Waals surface area contributed by atoms with Crippen LogP contribution >= 0.6 is 0 Å². The van der Waals surface area contributed by atoms with Crippen LogP contribution in [0.5, 0.6) is 0 Å². The Bertz CT molecular complexity index is 598. The number of hydrogen-bond acceptors (Lipinski definition) is 5. The summed E-state index contributed by atoms with van der Waals surface area (Å²) in [4.78, 5) is 17.5. The summed E-state index contributed by atoms with van der Waals surface area (Å²) in [6, 6.07) is 0.250. The van der Waals surface area contributed by atoms with Crippen molar-refractivity contribution in [3.05, 3.63) is 0 Å². The van der Waals surface area contributed by atoms with Crippen molar-refractivity contribution >= 4 is 21.9 Å². The molecule has 2 fully saturated rings. The Hall–Kier alpha value is -1.39. The fourth-order valence-electron chi connectivity index (χ4n) is 3.26. The van der Waals surface area contributed by atoms with Gasteiger partial charge in [-0.3, -0.25) is 14.7 Å². The molecule has 27 heavy (non-hydrogen) atoms. The van der Waals surface area contributed by atoms with Crippen LogP contribution in [-0.2, 0) is 14.8 Å². The predicted molar refractivity (Wildman–Crippen MR) is 107 cm³/mol. The van der Waals surface area contributed by atoms with Gasteiger partial charge in [0.05, 0.1) is 18.8 Å². The number of nitrogens with one attached hydrogen (secondary N) is 3. The van der Waals surface area contributed by atoms with Crippen LogP contribution in [-0.4, -0.2) is 76.2 Å². The van der Waals surface area contributed by atoms with Crippen LogP contribution in [0.15, 0.2) is 4.99 Å². The summed E-state index contributed by atoms with van der Waals surface area (Å²) < 4.78 is 26.8. The van der Waals surface area contributed by atoms with E-state index in [0.717, 1.165) is 38.8 Å². The van der Waals surface area contributed by atoms with Crippen molar-refractivity contribution < 1.29 is 13.2 Å². The first-order valence-corrected chi connectivity index (χ1v) is 11.6. The average molecular weight is 403 g/mol. The Morgan fingerprint density at radius 3 is 2.48 bits per heavy atom. The molecule has 0 aromatic heterocycles. The molecular weight excluding hydrogens is 368 g/mol. The van der Waals surface area contributed by atoms with Gasteiger partial charge >= 0.3 is 0 Å². The molecule has 1 aliphatic carbocycles. The molecule has 1 heterocycles. The molecule has 10 heteroatoms. The first kappa shape index (κ1) is 21.9. The van der Waals surface area contributed by atoms with Crippen LogP contribution in [0.1, 0.15) is 39.0 Å². The number of likely N-dealkylation sites (tertiary alicyclic amines) is 1. The average Bonchev–Trinajstić information content (AvgIpc) is 2.54. The van der Waals surface area contributed by atoms with Crippen LogP contribution in [0.2, 0.25) is 0 Å². The van der Waals surface area contributed by atoms with Gasteiger partial charge in [0.15, 0.2) is 5.96 Å². The second-order valence-corrected chi connectivity index (χ2v) is 9.31. The Morgan fingerprint density at radius 1 is 1.22 bits per heavy atom. The molecule has 1 aliphatic heterocycles. The zero-order valence-corrected chi connectivity index (χ0v) is 17.1. The first-order valence-electron chi connectivity index (χ1n) is 9.91. The maximum atomic E-state index is 12.1. The standard InChI is InChI=1S/C17H34N6O3S/c1-2-19-17(22-15-6-9-23(10-7-15)13-16(18)24)20-8-11-27(25,26)21-12-14-4-3-5-14/h14-15,21H,2-13H2,1H3,(H2,18,24)(H2,19,20,22). The molecule has 5 N–H and O–H groups in total. The van der Waals surface area contributed by atoms with Crippen molar-refractivity contribution in [3.63, 3.8) is 0 Å². The van der Waals surface area contributed by atoms with Gasteiger partial charge in [0, 0.05) is 32.2 Å². The molecule has 2 rings (SSSR count). The molecule has 0 atom stereocenters. The van der Waals surface area contributed by atoms with Crippen molar-refractivity contribution in [1.29, 1.82) is 0 Å². The number of aliphatic imine (C=N–C) groups is 1. The lowest BCUT2D eigenvalue weighted by molar-refractivity contribution is -0.119. The largest absolute Gasteiger partial charge is 0.369 e. The molecule has 0 aromatic rings. The van der Waals surface area contributed by atoms with Crippen LogP contribution < -0.4 is 21.1 Å². The minimum absolute atomic E-state index is 0.00660. The highest BCUT2D eigenvalue weighted by atomic mass is 32.2. The fourth-order valence-corrected chi connectivity index (χ4v) is 4.23. The molecule has 0 spiro atoms. The summed E-state index contributed by atoms with van der Waals surface area (Å²) in [5.74, 6) is 0.832. The van der Waals surface area contributed by atoms with Crippen LogP contribution in [0, 0.1) is 5.92 Å². The van der Waals surface area contributed by atoms with E-state index in [2.05, 4.69) is 20.3 Å². The van der Waals surface area contributed by atoms with E-state index in [1.54, 1.807) is 0 Å². The molecule has 1 amide bonds. The molecule has 0 aromatic carbocycles. The third kappa shape index (κ3) is 8.44. The zero-order chi connectivity index (χ0) is 19.7. The number of nitrogens with two attached hydrogens (primary N) is 1. The Morgan fingerprint density at radius 2 is 1.93 bits per heavy atom. The monoisotopic (exact) mass is 402 g/mol. The molecule has 9 nitrogen and oxygen atoms in total. The lowest BCUT2D eigenvalue weighted by atomic mass is 9.86. The van der Waals surface area contributed by atoms with Crippen molar-refractivity contribution in [2.75, 3.05) is 45.0 Å². The number of primary amides is 1. The summed E-state index contributed by atoms with van der Waals surface area (Å²) in [6.45, 7) is 5.36. The number of amides is 1. The van der Waals surface area contributed by atoms with E-state index in [1.807, 2.05) is 11.8 Å². The highest BCUT2D eigenvalue weighted by Gasteiger charge is 2.22. The Labute approximate surface area is 162 Å². The molecule has 0 unspecified atom stereocenters. The van der Waals surface area contributed by atoms with Crippen molar-refractivity contribution in [2.45, 2.75) is 45.1 Å². The van der Waals surface area contributed by atoms with Crippen molar-refractivity contribution in [1.82, 2.24) is 20.3 Å². The summed E-state index contributed by atoms with van der Waals surface area (Å²) >= 11 is 0. The lowest BCUT2D eigenvalue weighted by Gasteiger charge is -2.32. The minimum atomic E-state index is -3.28.